The summed E-state index contributed by atoms with van der Waals surface area (Å²) in [5.41, 5.74) is 1.66. The van der Waals surface area contributed by atoms with E-state index in [4.69, 9.17) is 0 Å². The van der Waals surface area contributed by atoms with Gasteiger partial charge in [-0.2, -0.15) is 5.10 Å². The summed E-state index contributed by atoms with van der Waals surface area (Å²) in [5, 5.41) is 16.5. The van der Waals surface area contributed by atoms with E-state index >= 15 is 0 Å². The quantitative estimate of drug-likeness (QED) is 0.862. The van der Waals surface area contributed by atoms with E-state index in [1.807, 2.05) is 6.07 Å². The van der Waals surface area contributed by atoms with E-state index in [0.717, 1.165) is 5.56 Å². The summed E-state index contributed by atoms with van der Waals surface area (Å²) in [6.07, 6.45) is -0.856. The molecule has 0 aliphatic rings. The third-order valence-electron chi connectivity index (χ3n) is 2.57. The molecule has 0 spiro atoms. The van der Waals surface area contributed by atoms with Crippen LogP contribution in [-0.4, -0.2) is 21.3 Å². The average molecular weight is 304 g/mol. The maximum Gasteiger partial charge on any atom is 0.257 e. The Morgan fingerprint density at radius 1 is 1.25 bits per heavy atom. The molecule has 0 aliphatic carbocycles. The van der Waals surface area contributed by atoms with Crippen molar-refractivity contribution < 1.29 is 13.9 Å². The maximum absolute atomic E-state index is 12.1. The van der Waals surface area contributed by atoms with Crippen molar-refractivity contribution in [2.24, 2.45) is 0 Å². The van der Waals surface area contributed by atoms with Gasteiger partial charge in [0.25, 0.3) is 6.43 Å². The van der Waals surface area contributed by atoms with Crippen LogP contribution in [-0.2, 0) is 19.6 Å². The topological polar surface area (TPSA) is 50.1 Å². The van der Waals surface area contributed by atoms with Gasteiger partial charge in [0.15, 0.2) is 0 Å². The van der Waals surface area contributed by atoms with Gasteiger partial charge in [-0.15, -0.1) is 12.4 Å². The fraction of sp³-hybridized carbons (Fsp3) is 0.308. The molecule has 110 valence electrons. The zero-order valence-corrected chi connectivity index (χ0v) is 11.5. The third kappa shape index (κ3) is 5.14. The largest absolute Gasteiger partial charge is 0.508 e. The molecule has 1 aromatic heterocycles. The lowest BCUT2D eigenvalue weighted by atomic mass is 10.2. The molecule has 0 bridgehead atoms. The smallest absolute Gasteiger partial charge is 0.257 e. The zero-order chi connectivity index (χ0) is 13.7. The van der Waals surface area contributed by atoms with Gasteiger partial charge in [-0.25, -0.2) is 8.78 Å². The van der Waals surface area contributed by atoms with Crippen molar-refractivity contribution in [1.82, 2.24) is 15.1 Å². The predicted molar refractivity (Wildman–Crippen MR) is 74.1 cm³/mol. The Morgan fingerprint density at radius 3 is 2.75 bits per heavy atom. The first-order valence-corrected chi connectivity index (χ1v) is 5.92. The summed E-state index contributed by atoms with van der Waals surface area (Å²) >= 11 is 0. The number of phenols is 1. The van der Waals surface area contributed by atoms with Gasteiger partial charge in [-0.05, 0) is 23.8 Å². The van der Waals surface area contributed by atoms with Crippen LogP contribution in [0.2, 0.25) is 0 Å². The molecule has 0 atom stereocenters. The number of rotatable bonds is 6. The third-order valence-corrected chi connectivity index (χ3v) is 2.57. The van der Waals surface area contributed by atoms with E-state index in [1.54, 1.807) is 24.3 Å². The molecule has 0 saturated carbocycles. The van der Waals surface area contributed by atoms with Gasteiger partial charge >= 0.3 is 0 Å². The fourth-order valence-corrected chi connectivity index (χ4v) is 1.74. The van der Waals surface area contributed by atoms with E-state index < -0.39 is 6.43 Å². The van der Waals surface area contributed by atoms with Crippen molar-refractivity contribution in [2.75, 3.05) is 0 Å². The molecule has 1 aromatic carbocycles. The number of phenolic OH excluding ortho intramolecular Hbond substituents is 1. The molecule has 4 nitrogen and oxygen atoms in total. The summed E-state index contributed by atoms with van der Waals surface area (Å²) in [5.74, 6) is 0.223. The van der Waals surface area contributed by atoms with Crippen LogP contribution in [0.1, 0.15) is 11.3 Å². The Bertz CT molecular complexity index is 534. The Labute approximate surface area is 121 Å². The zero-order valence-electron chi connectivity index (χ0n) is 10.7. The first kappa shape index (κ1) is 16.4. The lowest BCUT2D eigenvalue weighted by molar-refractivity contribution is 0.121. The highest BCUT2D eigenvalue weighted by molar-refractivity contribution is 5.85. The van der Waals surface area contributed by atoms with Crippen molar-refractivity contribution >= 4 is 12.4 Å². The second-order valence-corrected chi connectivity index (χ2v) is 4.19. The van der Waals surface area contributed by atoms with Crippen LogP contribution in [0, 0.1) is 0 Å². The van der Waals surface area contributed by atoms with Gasteiger partial charge in [0.2, 0.25) is 0 Å². The number of halogens is 3. The minimum atomic E-state index is -2.40. The number of aromatic nitrogens is 2. The number of nitrogens with zero attached hydrogens (tertiary/aromatic N) is 2. The Hall–Kier alpha value is -1.66. The lowest BCUT2D eigenvalue weighted by Gasteiger charge is -2.03. The van der Waals surface area contributed by atoms with Crippen molar-refractivity contribution in [3.05, 3.63) is 47.8 Å². The molecular weight excluding hydrogens is 288 g/mol. The van der Waals surface area contributed by atoms with Crippen LogP contribution in [0.3, 0.4) is 0 Å². The maximum atomic E-state index is 12.1. The number of hydrogen-bond acceptors (Lipinski definition) is 3. The molecule has 0 aliphatic heterocycles. The lowest BCUT2D eigenvalue weighted by Crippen LogP contribution is -2.14. The summed E-state index contributed by atoms with van der Waals surface area (Å²) in [7, 11) is 0. The highest BCUT2D eigenvalue weighted by Gasteiger charge is 2.05. The summed E-state index contributed by atoms with van der Waals surface area (Å²) in [4.78, 5) is 0. The number of aromatic hydroxyl groups is 1. The van der Waals surface area contributed by atoms with E-state index in [2.05, 4.69) is 10.4 Å². The molecule has 2 N–H and O–H groups in total. The predicted octanol–water partition coefficient (Wildman–Crippen LogP) is 2.57. The van der Waals surface area contributed by atoms with Crippen LogP contribution in [0.4, 0.5) is 8.78 Å². The molecule has 1 heterocycles. The van der Waals surface area contributed by atoms with E-state index in [1.165, 1.54) is 10.9 Å². The first-order chi connectivity index (χ1) is 9.13. The molecule has 0 saturated heterocycles. The minimum Gasteiger partial charge on any atom is -0.508 e. The van der Waals surface area contributed by atoms with Gasteiger partial charge in [0.1, 0.15) is 12.3 Å². The van der Waals surface area contributed by atoms with Gasteiger partial charge < -0.3 is 10.4 Å². The van der Waals surface area contributed by atoms with Gasteiger partial charge in [-0.3, -0.25) is 4.68 Å². The number of benzene rings is 1. The normalized spacial score (nSPS) is 10.6. The standard InChI is InChI=1S/C13H15F2N3O.ClH/c14-13(15)9-18-5-4-11(17-18)8-16-7-10-2-1-3-12(19)6-10;/h1-6,13,16,19H,7-9H2;1H. The van der Waals surface area contributed by atoms with Crippen molar-refractivity contribution in [2.45, 2.75) is 26.1 Å². The molecule has 0 fully saturated rings. The van der Waals surface area contributed by atoms with Crippen LogP contribution in [0.5, 0.6) is 5.75 Å². The average Bonchev–Trinajstić information content (AvgIpc) is 2.76. The first-order valence-electron chi connectivity index (χ1n) is 5.92. The van der Waals surface area contributed by atoms with Crippen LogP contribution >= 0.6 is 12.4 Å². The van der Waals surface area contributed by atoms with Crippen LogP contribution in [0.15, 0.2) is 36.5 Å². The highest BCUT2D eigenvalue weighted by atomic mass is 35.5. The van der Waals surface area contributed by atoms with E-state index in [0.29, 0.717) is 18.8 Å². The second-order valence-electron chi connectivity index (χ2n) is 4.19. The molecule has 2 aromatic rings. The van der Waals surface area contributed by atoms with Crippen LogP contribution in [0.25, 0.3) is 0 Å². The van der Waals surface area contributed by atoms with Crippen molar-refractivity contribution in [3.8, 4) is 5.75 Å². The summed E-state index contributed by atoms with van der Waals surface area (Å²) in [6, 6.07) is 8.64. The van der Waals surface area contributed by atoms with E-state index in [-0.39, 0.29) is 24.7 Å². The number of alkyl halides is 2. The molecule has 0 radical (unpaired) electrons. The highest BCUT2D eigenvalue weighted by Crippen LogP contribution is 2.10. The molecule has 2 rings (SSSR count). The second kappa shape index (κ2) is 7.81. The minimum absolute atomic E-state index is 0. The molecule has 0 amide bonds. The Balaban J connectivity index is 0.00000200. The van der Waals surface area contributed by atoms with Crippen molar-refractivity contribution in [1.29, 1.82) is 0 Å². The molecule has 0 unspecified atom stereocenters. The number of hydrogen-bond donors (Lipinski definition) is 2. The molecule has 7 heteroatoms. The van der Waals surface area contributed by atoms with Crippen molar-refractivity contribution in [3.63, 3.8) is 0 Å². The monoisotopic (exact) mass is 303 g/mol. The van der Waals surface area contributed by atoms with E-state index in [9.17, 15) is 13.9 Å². The SMILES string of the molecule is Cl.Oc1cccc(CNCc2ccn(CC(F)F)n2)c1. The fourth-order valence-electron chi connectivity index (χ4n) is 1.74. The molecule has 20 heavy (non-hydrogen) atoms. The van der Waals surface area contributed by atoms with Gasteiger partial charge in [-0.1, -0.05) is 12.1 Å². The van der Waals surface area contributed by atoms with Crippen LogP contribution < -0.4 is 5.32 Å². The summed E-state index contributed by atoms with van der Waals surface area (Å²) < 4.78 is 25.5. The Morgan fingerprint density at radius 2 is 2.05 bits per heavy atom. The molecular formula is C13H16ClF2N3O. The van der Waals surface area contributed by atoms with Gasteiger partial charge in [0, 0.05) is 19.3 Å². The van der Waals surface area contributed by atoms with Gasteiger partial charge in [0.05, 0.1) is 5.69 Å². The summed E-state index contributed by atoms with van der Waals surface area (Å²) in [6.45, 7) is 0.689. The number of nitrogens with one attached hydrogen (secondary N) is 1. The Kier molecular flexibility index (Phi) is 6.41.